The minimum absolute atomic E-state index is 0.0716. The average Bonchev–Trinajstić information content (AvgIpc) is 2.84. The largest absolute Gasteiger partial charge is 0.495 e. The number of nitrogens with zero attached hydrogens (tertiary/aromatic N) is 3. The fraction of sp³-hybridized carbons (Fsp3) is 0.385. The van der Waals surface area contributed by atoms with Gasteiger partial charge in [-0.3, -0.25) is 0 Å². The molecule has 3 heterocycles. The summed E-state index contributed by atoms with van der Waals surface area (Å²) in [6.07, 6.45) is 2.63. The second-order valence-corrected chi connectivity index (χ2v) is 11.5. The Balaban J connectivity index is 1.39. The predicted molar refractivity (Wildman–Crippen MR) is 148 cm³/mol. The molecule has 1 saturated heterocycles. The smallest absolute Gasteiger partial charge is 0.229 e. The first-order chi connectivity index (χ1) is 17.9. The summed E-state index contributed by atoms with van der Waals surface area (Å²) in [5.41, 5.74) is 4.10. The van der Waals surface area contributed by atoms with Gasteiger partial charge in [-0.15, -0.1) is 0 Å². The molecule has 0 atom stereocenters. The topological polar surface area (TPSA) is 90.0 Å². The first-order valence-corrected chi connectivity index (χ1v) is 14.6. The molecule has 2 aliphatic rings. The van der Waals surface area contributed by atoms with Crippen LogP contribution in [0.1, 0.15) is 11.1 Å². The van der Waals surface area contributed by atoms with Crippen LogP contribution in [-0.2, 0) is 17.7 Å². The summed E-state index contributed by atoms with van der Waals surface area (Å²) < 4.78 is 22.9. The number of benzene rings is 2. The van der Waals surface area contributed by atoms with Crippen LogP contribution in [0.2, 0.25) is 5.02 Å². The Labute approximate surface area is 223 Å². The molecule has 1 fully saturated rings. The van der Waals surface area contributed by atoms with Crippen molar-refractivity contribution in [1.29, 1.82) is 0 Å². The van der Waals surface area contributed by atoms with Gasteiger partial charge in [0.15, 0.2) is 5.82 Å². The zero-order valence-electron chi connectivity index (χ0n) is 21.4. The lowest BCUT2D eigenvalue weighted by molar-refractivity contribution is -0.0797. The van der Waals surface area contributed by atoms with Crippen molar-refractivity contribution in [3.8, 4) is 17.2 Å². The Morgan fingerprint density at radius 2 is 1.92 bits per heavy atom. The quantitative estimate of drug-likeness (QED) is 0.343. The number of anilines is 4. The zero-order valence-corrected chi connectivity index (χ0v) is 23.0. The van der Waals surface area contributed by atoms with Gasteiger partial charge in [0.25, 0.3) is 0 Å². The summed E-state index contributed by atoms with van der Waals surface area (Å²) in [7, 11) is 3.13. The van der Waals surface area contributed by atoms with E-state index in [0.717, 1.165) is 42.4 Å². The molecule has 2 N–H and O–H groups in total. The lowest BCUT2D eigenvalue weighted by Crippen LogP contribution is -2.38. The summed E-state index contributed by atoms with van der Waals surface area (Å²) in [5.74, 6) is 3.00. The fourth-order valence-corrected chi connectivity index (χ4v) is 4.87. The van der Waals surface area contributed by atoms with E-state index in [1.807, 2.05) is 31.5 Å². The number of ether oxygens (including phenoxy) is 3. The van der Waals surface area contributed by atoms with E-state index in [1.54, 1.807) is 13.3 Å². The van der Waals surface area contributed by atoms with Crippen LogP contribution in [-0.4, -0.2) is 68.2 Å². The Morgan fingerprint density at radius 1 is 1.08 bits per heavy atom. The van der Waals surface area contributed by atoms with E-state index >= 15 is 0 Å². The maximum absolute atomic E-state index is 6.48. The molecule has 9 nitrogen and oxygen atoms in total. The third-order valence-corrected chi connectivity index (χ3v) is 6.95. The van der Waals surface area contributed by atoms with E-state index in [4.69, 9.17) is 30.3 Å². The van der Waals surface area contributed by atoms with Crippen molar-refractivity contribution in [2.45, 2.75) is 19.1 Å². The van der Waals surface area contributed by atoms with Gasteiger partial charge in [-0.25, -0.2) is 4.98 Å². The highest BCUT2D eigenvalue weighted by Crippen LogP contribution is 2.40. The molecule has 196 valence electrons. The van der Waals surface area contributed by atoms with Crippen molar-refractivity contribution in [3.63, 3.8) is 0 Å². The van der Waals surface area contributed by atoms with Gasteiger partial charge in [-0.05, 0) is 62.2 Å². The van der Waals surface area contributed by atoms with Gasteiger partial charge in [-0.1, -0.05) is 11.6 Å². The number of likely N-dealkylation sites (N-methyl/N-ethyl adjacent to an activating group) is 1. The van der Waals surface area contributed by atoms with Gasteiger partial charge in [0.05, 0.1) is 46.0 Å². The molecule has 0 spiro atoms. The molecule has 2 aromatic carbocycles. The van der Waals surface area contributed by atoms with Crippen molar-refractivity contribution in [2.24, 2.45) is 0 Å². The SMILES string of the molecule is COc1cc2c(cc1Nc1ncc(Cl)c(Nc3ccc(OC4COC4)cc3OP(C)C)n1)CN(C)CC2. The highest BCUT2D eigenvalue weighted by atomic mass is 35.5. The average molecular weight is 544 g/mol. The van der Waals surface area contributed by atoms with E-state index in [1.165, 1.54) is 11.1 Å². The third-order valence-electron chi connectivity index (χ3n) is 6.11. The molecule has 3 aromatic rings. The van der Waals surface area contributed by atoms with Crippen molar-refractivity contribution in [1.82, 2.24) is 14.9 Å². The molecule has 0 saturated carbocycles. The highest BCUT2D eigenvalue weighted by molar-refractivity contribution is 7.51. The minimum atomic E-state index is -0.666. The maximum atomic E-state index is 6.48. The van der Waals surface area contributed by atoms with E-state index in [-0.39, 0.29) is 6.10 Å². The van der Waals surface area contributed by atoms with Crippen LogP contribution in [0.3, 0.4) is 0 Å². The van der Waals surface area contributed by atoms with Gasteiger partial charge in [0.2, 0.25) is 5.95 Å². The Morgan fingerprint density at radius 3 is 2.65 bits per heavy atom. The first-order valence-electron chi connectivity index (χ1n) is 12.1. The van der Waals surface area contributed by atoms with Crippen LogP contribution in [0.5, 0.6) is 17.2 Å². The summed E-state index contributed by atoms with van der Waals surface area (Å²) >= 11 is 6.48. The van der Waals surface area contributed by atoms with Crippen molar-refractivity contribution in [2.75, 3.05) is 57.9 Å². The number of hydrogen-bond acceptors (Lipinski definition) is 9. The molecular formula is C26H31ClN5O4P. The second kappa shape index (κ2) is 11.3. The van der Waals surface area contributed by atoms with Crippen LogP contribution >= 0.6 is 19.7 Å². The molecule has 11 heteroatoms. The number of rotatable bonds is 9. The zero-order chi connectivity index (χ0) is 25.9. The van der Waals surface area contributed by atoms with Gasteiger partial charge < -0.3 is 34.3 Å². The molecule has 0 aliphatic carbocycles. The van der Waals surface area contributed by atoms with Gasteiger partial charge in [-0.2, -0.15) is 4.98 Å². The Hall–Kier alpha value is -2.84. The number of nitrogens with one attached hydrogen (secondary N) is 2. The number of halogens is 1. The number of fused-ring (bicyclic) bond motifs is 1. The molecule has 0 amide bonds. The Kier molecular flexibility index (Phi) is 7.86. The number of hydrogen-bond donors (Lipinski definition) is 2. The lowest BCUT2D eigenvalue weighted by atomic mass is 9.99. The number of methoxy groups -OCH3 is 1. The number of aromatic nitrogens is 2. The Bertz CT molecular complexity index is 1270. The molecular weight excluding hydrogens is 513 g/mol. The molecule has 1 aromatic heterocycles. The predicted octanol–water partition coefficient (Wildman–Crippen LogP) is 5.43. The summed E-state index contributed by atoms with van der Waals surface area (Å²) in [4.78, 5) is 11.3. The summed E-state index contributed by atoms with van der Waals surface area (Å²) in [6.45, 7) is 7.19. The molecule has 0 bridgehead atoms. The summed E-state index contributed by atoms with van der Waals surface area (Å²) in [5, 5.41) is 7.00. The van der Waals surface area contributed by atoms with E-state index in [9.17, 15) is 0 Å². The second-order valence-electron chi connectivity index (χ2n) is 9.29. The van der Waals surface area contributed by atoms with Crippen molar-refractivity contribution in [3.05, 3.63) is 52.7 Å². The van der Waals surface area contributed by atoms with E-state index in [0.29, 0.717) is 35.8 Å². The minimum Gasteiger partial charge on any atom is -0.495 e. The van der Waals surface area contributed by atoms with Gasteiger partial charge >= 0.3 is 0 Å². The van der Waals surface area contributed by atoms with Crippen LogP contribution < -0.4 is 24.6 Å². The van der Waals surface area contributed by atoms with Crippen LogP contribution in [0.25, 0.3) is 0 Å². The highest BCUT2D eigenvalue weighted by Gasteiger charge is 2.21. The summed E-state index contributed by atoms with van der Waals surface area (Å²) in [6, 6.07) is 9.88. The molecule has 5 rings (SSSR count). The van der Waals surface area contributed by atoms with Crippen molar-refractivity contribution >= 4 is 42.9 Å². The molecule has 2 aliphatic heterocycles. The van der Waals surface area contributed by atoms with Crippen molar-refractivity contribution < 1.29 is 18.7 Å². The molecule has 0 radical (unpaired) electrons. The van der Waals surface area contributed by atoms with E-state index < -0.39 is 8.15 Å². The van der Waals surface area contributed by atoms with Gasteiger partial charge in [0.1, 0.15) is 28.4 Å². The lowest BCUT2D eigenvalue weighted by Gasteiger charge is -2.27. The first kappa shape index (κ1) is 25.8. The monoisotopic (exact) mass is 543 g/mol. The van der Waals surface area contributed by atoms with Crippen LogP contribution in [0.15, 0.2) is 36.5 Å². The fourth-order valence-electron chi connectivity index (χ4n) is 4.18. The van der Waals surface area contributed by atoms with E-state index in [2.05, 4.69) is 44.7 Å². The maximum Gasteiger partial charge on any atom is 0.229 e. The van der Waals surface area contributed by atoms with Gasteiger partial charge in [0, 0.05) is 19.2 Å². The standard InChI is InChI=1S/C26H31ClN5O4P/c1-32-8-7-16-10-23(33-2)22(9-17(16)13-32)30-26-28-12-20(27)25(31-26)29-21-6-5-18(35-19-14-34-15-19)11-24(21)36-37(3)4/h5-6,9-12,19H,7-8,13-15H2,1-4H3,(H2,28,29,30,31). The third kappa shape index (κ3) is 6.18. The van der Waals surface area contributed by atoms with Crippen LogP contribution in [0.4, 0.5) is 23.1 Å². The van der Waals surface area contributed by atoms with Crippen LogP contribution in [0, 0.1) is 0 Å². The normalized spacial score (nSPS) is 15.6. The molecule has 0 unspecified atom stereocenters. The molecule has 37 heavy (non-hydrogen) atoms.